The first-order valence-corrected chi connectivity index (χ1v) is 4.06. The van der Waals surface area contributed by atoms with Gasteiger partial charge in [0.15, 0.2) is 0 Å². The molecule has 0 saturated heterocycles. The molecular weight excluding hydrogens is 190 g/mol. The van der Waals surface area contributed by atoms with Gasteiger partial charge in [-0.2, -0.15) is 0 Å². The van der Waals surface area contributed by atoms with Gasteiger partial charge >= 0.3 is 5.97 Å². The molecule has 0 fully saturated rings. The van der Waals surface area contributed by atoms with Gasteiger partial charge in [0.2, 0.25) is 0 Å². The summed E-state index contributed by atoms with van der Waals surface area (Å²) in [6.07, 6.45) is 1.40. The average Bonchev–Trinajstić information content (AvgIpc) is 2.15. The number of hydrogen-bond acceptors (Lipinski definition) is 3. The first-order valence-electron chi connectivity index (χ1n) is 3.69. The lowest BCUT2D eigenvalue weighted by Crippen LogP contribution is -1.99. The Bertz CT molecular complexity index is 319. The summed E-state index contributed by atoms with van der Waals surface area (Å²) in [5, 5.41) is 3.94. The molecule has 0 aliphatic carbocycles. The fourth-order valence-corrected chi connectivity index (χ4v) is 0.865. The summed E-state index contributed by atoms with van der Waals surface area (Å²) < 4.78 is 0. The zero-order valence-corrected chi connectivity index (χ0v) is 7.78. The van der Waals surface area contributed by atoms with Crippen LogP contribution in [-0.4, -0.2) is 12.2 Å². The van der Waals surface area contributed by atoms with E-state index in [0.717, 1.165) is 0 Å². The molecule has 0 aliphatic rings. The molecule has 0 saturated carbocycles. The molecule has 0 spiro atoms. The van der Waals surface area contributed by atoms with E-state index in [-0.39, 0.29) is 0 Å². The second-order valence-electron chi connectivity index (χ2n) is 2.25. The molecule has 0 atom stereocenters. The number of carbonyl (C=O) groups is 1. The van der Waals surface area contributed by atoms with Crippen LogP contribution in [0.2, 0.25) is 5.02 Å². The highest BCUT2D eigenvalue weighted by Crippen LogP contribution is 2.10. The van der Waals surface area contributed by atoms with Crippen LogP contribution < -0.4 is 0 Å². The minimum Gasteiger partial charge on any atom is -0.313 e. The summed E-state index contributed by atoms with van der Waals surface area (Å²) in [4.78, 5) is 15.6. The average molecular weight is 198 g/mol. The van der Waals surface area contributed by atoms with Crippen LogP contribution in [0, 0.1) is 0 Å². The van der Waals surface area contributed by atoms with Gasteiger partial charge in [0.05, 0.1) is 5.56 Å². The van der Waals surface area contributed by atoms with E-state index < -0.39 is 5.97 Å². The van der Waals surface area contributed by atoms with Gasteiger partial charge in [0, 0.05) is 11.2 Å². The molecule has 0 amide bonds. The third kappa shape index (κ3) is 2.87. The Balaban J connectivity index is 2.72. The van der Waals surface area contributed by atoms with Gasteiger partial charge in [0.1, 0.15) is 0 Å². The molecule has 3 nitrogen and oxygen atoms in total. The molecule has 0 radical (unpaired) electrons. The number of rotatable bonds is 2. The largest absolute Gasteiger partial charge is 0.365 e. The number of nitrogens with zero attached hydrogens (tertiary/aromatic N) is 1. The second kappa shape index (κ2) is 4.62. The Hall–Kier alpha value is -1.35. The lowest BCUT2D eigenvalue weighted by Gasteiger charge is -1.96. The van der Waals surface area contributed by atoms with E-state index in [4.69, 9.17) is 11.6 Å². The molecule has 0 unspecified atom stereocenters. The standard InChI is InChI=1S/C9H8ClNO2/c1-2-11-13-9(12)7-3-5-8(10)6-4-7/h2-6H,1H3. The van der Waals surface area contributed by atoms with Crippen LogP contribution in [0.4, 0.5) is 0 Å². The van der Waals surface area contributed by atoms with Gasteiger partial charge in [-0.25, -0.2) is 4.79 Å². The molecule has 0 bridgehead atoms. The van der Waals surface area contributed by atoms with Crippen molar-refractivity contribution in [1.82, 2.24) is 0 Å². The zero-order chi connectivity index (χ0) is 9.68. The van der Waals surface area contributed by atoms with E-state index in [1.165, 1.54) is 6.21 Å². The predicted octanol–water partition coefficient (Wildman–Crippen LogP) is 2.50. The summed E-state index contributed by atoms with van der Waals surface area (Å²) in [7, 11) is 0. The zero-order valence-electron chi connectivity index (χ0n) is 7.03. The Morgan fingerprint density at radius 3 is 2.62 bits per heavy atom. The molecule has 13 heavy (non-hydrogen) atoms. The van der Waals surface area contributed by atoms with Gasteiger partial charge < -0.3 is 4.84 Å². The maximum absolute atomic E-state index is 11.1. The van der Waals surface area contributed by atoms with Gasteiger partial charge in [-0.3, -0.25) is 0 Å². The minimum atomic E-state index is -0.491. The molecule has 0 heterocycles. The van der Waals surface area contributed by atoms with E-state index in [2.05, 4.69) is 9.99 Å². The third-order valence-corrected chi connectivity index (χ3v) is 1.57. The SMILES string of the molecule is CC=NOC(=O)c1ccc(Cl)cc1. The van der Waals surface area contributed by atoms with Crippen molar-refractivity contribution in [3.63, 3.8) is 0 Å². The van der Waals surface area contributed by atoms with Crippen molar-refractivity contribution in [3.05, 3.63) is 34.9 Å². The van der Waals surface area contributed by atoms with Crippen molar-refractivity contribution in [2.24, 2.45) is 5.16 Å². The summed E-state index contributed by atoms with van der Waals surface area (Å²) in [5.74, 6) is -0.491. The smallest absolute Gasteiger partial charge is 0.313 e. The monoisotopic (exact) mass is 197 g/mol. The van der Waals surface area contributed by atoms with E-state index in [9.17, 15) is 4.79 Å². The van der Waals surface area contributed by atoms with Gasteiger partial charge in [-0.05, 0) is 31.2 Å². The summed E-state index contributed by atoms with van der Waals surface area (Å²) in [6, 6.07) is 6.40. The van der Waals surface area contributed by atoms with Crippen molar-refractivity contribution >= 4 is 23.8 Å². The normalized spacial score (nSPS) is 10.3. The fraction of sp³-hybridized carbons (Fsp3) is 0.111. The van der Waals surface area contributed by atoms with Crippen molar-refractivity contribution < 1.29 is 9.63 Å². The number of halogens is 1. The van der Waals surface area contributed by atoms with E-state index in [1.54, 1.807) is 31.2 Å². The predicted molar refractivity (Wildman–Crippen MR) is 51.0 cm³/mol. The Morgan fingerprint density at radius 2 is 2.08 bits per heavy atom. The van der Waals surface area contributed by atoms with Crippen molar-refractivity contribution in [1.29, 1.82) is 0 Å². The highest BCUT2D eigenvalue weighted by molar-refractivity contribution is 6.30. The number of hydrogen-bond donors (Lipinski definition) is 0. The van der Waals surface area contributed by atoms with Gasteiger partial charge in [-0.15, -0.1) is 0 Å². The number of carbonyl (C=O) groups excluding carboxylic acids is 1. The van der Waals surface area contributed by atoms with Crippen molar-refractivity contribution in [3.8, 4) is 0 Å². The first kappa shape index (κ1) is 9.74. The van der Waals surface area contributed by atoms with Crippen LogP contribution >= 0.6 is 11.6 Å². The van der Waals surface area contributed by atoms with Crippen LogP contribution in [0.15, 0.2) is 29.4 Å². The molecule has 1 aromatic carbocycles. The highest BCUT2D eigenvalue weighted by atomic mass is 35.5. The Kier molecular flexibility index (Phi) is 3.46. The lowest BCUT2D eigenvalue weighted by atomic mass is 10.2. The molecule has 0 aliphatic heterocycles. The minimum absolute atomic E-state index is 0.426. The Morgan fingerprint density at radius 1 is 1.46 bits per heavy atom. The van der Waals surface area contributed by atoms with Crippen LogP contribution in [0.5, 0.6) is 0 Å². The number of benzene rings is 1. The number of oxime groups is 1. The van der Waals surface area contributed by atoms with E-state index in [1.807, 2.05) is 0 Å². The maximum atomic E-state index is 11.1. The van der Waals surface area contributed by atoms with E-state index >= 15 is 0 Å². The van der Waals surface area contributed by atoms with Gasteiger partial charge in [0.25, 0.3) is 0 Å². The van der Waals surface area contributed by atoms with Crippen LogP contribution in [0.1, 0.15) is 17.3 Å². The van der Waals surface area contributed by atoms with Crippen molar-refractivity contribution in [2.45, 2.75) is 6.92 Å². The molecule has 1 aromatic rings. The fourth-order valence-electron chi connectivity index (χ4n) is 0.739. The first-order chi connectivity index (χ1) is 6.24. The third-order valence-electron chi connectivity index (χ3n) is 1.32. The van der Waals surface area contributed by atoms with Crippen molar-refractivity contribution in [2.75, 3.05) is 0 Å². The maximum Gasteiger partial charge on any atom is 0.365 e. The Labute approximate surface area is 81.0 Å². The quantitative estimate of drug-likeness (QED) is 0.415. The lowest BCUT2D eigenvalue weighted by molar-refractivity contribution is 0.0518. The van der Waals surface area contributed by atoms with Gasteiger partial charge in [-0.1, -0.05) is 16.8 Å². The topological polar surface area (TPSA) is 38.7 Å². The van der Waals surface area contributed by atoms with E-state index in [0.29, 0.717) is 10.6 Å². The molecule has 0 aromatic heterocycles. The summed E-state index contributed by atoms with van der Waals surface area (Å²) >= 11 is 5.64. The second-order valence-corrected chi connectivity index (χ2v) is 2.69. The van der Waals surface area contributed by atoms with Crippen LogP contribution in [0.25, 0.3) is 0 Å². The van der Waals surface area contributed by atoms with Crippen LogP contribution in [0.3, 0.4) is 0 Å². The molecule has 68 valence electrons. The molecule has 4 heteroatoms. The highest BCUT2D eigenvalue weighted by Gasteiger charge is 2.05. The summed E-state index contributed by atoms with van der Waals surface area (Å²) in [5.41, 5.74) is 0.426. The molecule has 1 rings (SSSR count). The molecular formula is C9H8ClNO2. The molecule has 0 N–H and O–H groups in total. The van der Waals surface area contributed by atoms with Crippen LogP contribution in [-0.2, 0) is 4.84 Å². The summed E-state index contributed by atoms with van der Waals surface area (Å²) in [6.45, 7) is 1.66.